The fourth-order valence-corrected chi connectivity index (χ4v) is 5.00. The molecule has 3 aliphatic heterocycles. The molecule has 138 valence electrons. The van der Waals surface area contributed by atoms with Crippen LogP contribution in [-0.2, 0) is 24.7 Å². The van der Waals surface area contributed by atoms with E-state index >= 15 is 0 Å². The molecule has 3 aliphatic rings. The van der Waals surface area contributed by atoms with Gasteiger partial charge in [0.1, 0.15) is 11.8 Å². The molecule has 3 heterocycles. The fourth-order valence-electron chi connectivity index (χ4n) is 4.78. The average molecular weight is 379 g/mol. The Morgan fingerprint density at radius 2 is 2.08 bits per heavy atom. The molecule has 3 N–H and O–H groups in total. The highest BCUT2D eigenvalue weighted by molar-refractivity contribution is 6.35. The van der Waals surface area contributed by atoms with Gasteiger partial charge >= 0.3 is 0 Å². The van der Waals surface area contributed by atoms with E-state index in [1.807, 2.05) is 18.3 Å². The first-order valence-corrected chi connectivity index (χ1v) is 9.12. The third-order valence-corrected chi connectivity index (χ3v) is 6.14. The third-order valence-electron chi connectivity index (χ3n) is 5.83. The van der Waals surface area contributed by atoms with Crippen LogP contribution in [0.1, 0.15) is 18.9 Å². The quantitative estimate of drug-likeness (QED) is 0.573. The number of halogens is 1. The summed E-state index contributed by atoms with van der Waals surface area (Å²) in [5.74, 6) is -1.98. The van der Waals surface area contributed by atoms with Gasteiger partial charge in [-0.3, -0.25) is 19.3 Å². The Bertz CT molecular complexity index is 814. The van der Waals surface area contributed by atoms with E-state index in [-0.39, 0.29) is 23.8 Å². The Morgan fingerprint density at radius 1 is 1.31 bits per heavy atom. The van der Waals surface area contributed by atoms with Crippen LogP contribution in [0.15, 0.2) is 18.2 Å². The highest BCUT2D eigenvalue weighted by atomic mass is 35.5. The van der Waals surface area contributed by atoms with E-state index in [1.165, 1.54) is 4.90 Å². The molecular weight excluding hydrogens is 358 g/mol. The van der Waals surface area contributed by atoms with Crippen molar-refractivity contribution in [2.24, 2.45) is 11.8 Å². The zero-order chi connectivity index (χ0) is 18.6. The molecule has 2 fully saturated rings. The second-order valence-corrected chi connectivity index (χ2v) is 7.60. The Hall–Kier alpha value is -1.96. The summed E-state index contributed by atoms with van der Waals surface area (Å²) in [5.41, 5.74) is 0.100. The molecule has 2 saturated heterocycles. The van der Waals surface area contributed by atoms with Crippen molar-refractivity contribution in [2.45, 2.75) is 24.9 Å². The maximum absolute atomic E-state index is 13.2. The van der Waals surface area contributed by atoms with Crippen LogP contribution in [0, 0.1) is 11.8 Å². The van der Waals surface area contributed by atoms with E-state index < -0.39 is 17.4 Å². The van der Waals surface area contributed by atoms with Crippen molar-refractivity contribution in [1.29, 1.82) is 0 Å². The van der Waals surface area contributed by atoms with Gasteiger partial charge < -0.3 is 15.4 Å². The van der Waals surface area contributed by atoms with Gasteiger partial charge in [-0.25, -0.2) is 0 Å². The van der Waals surface area contributed by atoms with Crippen molar-refractivity contribution in [3.8, 4) is 0 Å². The van der Waals surface area contributed by atoms with E-state index in [0.717, 1.165) is 0 Å². The van der Waals surface area contributed by atoms with Crippen LogP contribution in [0.4, 0.5) is 5.69 Å². The number of nitrogens with two attached hydrogens (primary N) is 1. The van der Waals surface area contributed by atoms with Crippen molar-refractivity contribution in [2.75, 3.05) is 25.6 Å². The molecule has 3 amide bonds. The van der Waals surface area contributed by atoms with Gasteiger partial charge in [-0.2, -0.15) is 0 Å². The number of imide groups is 1. The highest BCUT2D eigenvalue weighted by Gasteiger charge is 2.73. The second-order valence-electron chi connectivity index (χ2n) is 7.19. The minimum Gasteiger partial charge on any atom is -0.385 e. The van der Waals surface area contributed by atoms with Crippen molar-refractivity contribution in [1.82, 2.24) is 4.90 Å². The standard InChI is InChI=1S/C18H20ClN3O4/c1-9-12-13(16(24)22(15(12)23)7-4-8-26-2)18(21-9)10-5-3-6-11(19)14(10)20-17(18)25/h3,5-6,9,12-13,21H,4,7-8H2,1-2H3,(H,20,25)/p+1/t9-,12-,13+,18+/m1/s1. The summed E-state index contributed by atoms with van der Waals surface area (Å²) in [6.45, 7) is 2.68. The van der Waals surface area contributed by atoms with Gasteiger partial charge in [0.05, 0.1) is 16.8 Å². The van der Waals surface area contributed by atoms with Crippen LogP contribution in [0.25, 0.3) is 0 Å². The average Bonchev–Trinajstić information content (AvgIpc) is 3.16. The van der Waals surface area contributed by atoms with Gasteiger partial charge in [-0.1, -0.05) is 17.7 Å². The molecule has 7 nitrogen and oxygen atoms in total. The summed E-state index contributed by atoms with van der Waals surface area (Å²) >= 11 is 6.25. The molecule has 0 bridgehead atoms. The zero-order valence-electron chi connectivity index (χ0n) is 14.6. The van der Waals surface area contributed by atoms with Crippen LogP contribution in [0.5, 0.6) is 0 Å². The van der Waals surface area contributed by atoms with Gasteiger partial charge in [-0.15, -0.1) is 0 Å². The lowest BCUT2D eigenvalue weighted by Gasteiger charge is -2.25. The van der Waals surface area contributed by atoms with Gasteiger partial charge in [0.2, 0.25) is 17.4 Å². The van der Waals surface area contributed by atoms with E-state index in [9.17, 15) is 14.4 Å². The third kappa shape index (κ3) is 2.11. The summed E-state index contributed by atoms with van der Waals surface area (Å²) in [7, 11) is 1.58. The number of quaternary nitrogens is 1. The van der Waals surface area contributed by atoms with Gasteiger partial charge in [-0.05, 0) is 25.5 Å². The van der Waals surface area contributed by atoms with Crippen LogP contribution in [0.2, 0.25) is 5.02 Å². The lowest BCUT2D eigenvalue weighted by Crippen LogP contribution is -2.98. The van der Waals surface area contributed by atoms with Crippen molar-refractivity contribution >= 4 is 35.0 Å². The largest absolute Gasteiger partial charge is 0.385 e. The predicted molar refractivity (Wildman–Crippen MR) is 93.3 cm³/mol. The number of anilines is 1. The first kappa shape index (κ1) is 17.5. The molecule has 4 rings (SSSR count). The molecule has 1 spiro atoms. The monoisotopic (exact) mass is 378 g/mol. The summed E-state index contributed by atoms with van der Waals surface area (Å²) in [6.07, 6.45) is 0.577. The maximum Gasteiger partial charge on any atom is 0.291 e. The first-order valence-electron chi connectivity index (χ1n) is 8.74. The van der Waals surface area contributed by atoms with E-state index in [1.54, 1.807) is 19.2 Å². The van der Waals surface area contributed by atoms with E-state index in [0.29, 0.717) is 35.8 Å². The van der Waals surface area contributed by atoms with Gasteiger partial charge in [0.15, 0.2) is 0 Å². The topological polar surface area (TPSA) is 92.3 Å². The van der Waals surface area contributed by atoms with E-state index in [2.05, 4.69) is 5.32 Å². The molecule has 0 unspecified atom stereocenters. The molecule has 0 saturated carbocycles. The fraction of sp³-hybridized carbons (Fsp3) is 0.500. The number of methoxy groups -OCH3 is 1. The molecule has 4 atom stereocenters. The minimum atomic E-state index is -1.13. The number of hydrogen-bond donors (Lipinski definition) is 2. The van der Waals surface area contributed by atoms with Crippen LogP contribution in [-0.4, -0.2) is 48.9 Å². The van der Waals surface area contributed by atoms with Crippen LogP contribution in [0.3, 0.4) is 0 Å². The minimum absolute atomic E-state index is 0.181. The Labute approximate surface area is 156 Å². The molecule has 8 heteroatoms. The maximum atomic E-state index is 13.2. The normalized spacial score (nSPS) is 32.3. The summed E-state index contributed by atoms with van der Waals surface area (Å²) in [4.78, 5) is 40.4. The number of nitrogens with one attached hydrogen (secondary N) is 1. The molecular formula is C18H21ClN3O4+. The number of ether oxygens (including phenoxy) is 1. The Kier molecular flexibility index (Phi) is 4.06. The summed E-state index contributed by atoms with van der Waals surface area (Å²) in [6, 6.07) is 5.11. The molecule has 1 aromatic rings. The van der Waals surface area contributed by atoms with Gasteiger partial charge in [0, 0.05) is 25.8 Å². The van der Waals surface area contributed by atoms with Crippen LogP contribution < -0.4 is 10.6 Å². The van der Waals surface area contributed by atoms with Crippen molar-refractivity contribution in [3.63, 3.8) is 0 Å². The number of fused-ring (bicyclic) bond motifs is 4. The summed E-state index contributed by atoms with van der Waals surface area (Å²) < 4.78 is 5.02. The number of benzene rings is 1. The number of likely N-dealkylation sites (tertiary alicyclic amines) is 1. The Morgan fingerprint density at radius 3 is 2.81 bits per heavy atom. The number of carbonyl (C=O) groups is 3. The zero-order valence-corrected chi connectivity index (χ0v) is 15.4. The number of rotatable bonds is 4. The second kappa shape index (κ2) is 6.04. The molecule has 0 aromatic heterocycles. The van der Waals surface area contributed by atoms with Crippen molar-refractivity contribution in [3.05, 3.63) is 28.8 Å². The Balaban J connectivity index is 1.77. The number of amides is 3. The smallest absolute Gasteiger partial charge is 0.291 e. The van der Waals surface area contributed by atoms with Gasteiger partial charge in [0.25, 0.3) is 5.91 Å². The van der Waals surface area contributed by atoms with E-state index in [4.69, 9.17) is 16.3 Å². The first-order chi connectivity index (χ1) is 12.4. The number of nitrogens with zero attached hydrogens (tertiary/aromatic N) is 1. The SMILES string of the molecule is COCCCN1C(=O)[C@H]2[C@@H](C1=O)[C@]1([NH2+][C@@H]2C)C(=O)Nc2c(Cl)cccc21. The molecule has 0 aliphatic carbocycles. The molecule has 0 radical (unpaired) electrons. The molecule has 1 aromatic carbocycles. The number of hydrogen-bond acceptors (Lipinski definition) is 4. The number of carbonyl (C=O) groups excluding carboxylic acids is 3. The highest BCUT2D eigenvalue weighted by Crippen LogP contribution is 2.50. The summed E-state index contributed by atoms with van der Waals surface area (Å²) in [5, 5.41) is 5.13. The van der Waals surface area contributed by atoms with Crippen molar-refractivity contribution < 1.29 is 24.4 Å². The molecule has 26 heavy (non-hydrogen) atoms. The lowest BCUT2D eigenvalue weighted by atomic mass is 9.76. The lowest BCUT2D eigenvalue weighted by molar-refractivity contribution is -0.730. The van der Waals surface area contributed by atoms with Crippen LogP contribution >= 0.6 is 11.6 Å². The number of para-hydroxylation sites is 1. The predicted octanol–water partition coefficient (Wildman–Crippen LogP) is 0.0906.